The van der Waals surface area contributed by atoms with Crippen molar-refractivity contribution in [1.29, 1.82) is 0 Å². The van der Waals surface area contributed by atoms with Crippen LogP contribution < -0.4 is 22.5 Å². The number of unbranched alkanes of at least 4 members (excludes halogenated alkanes) is 1. The van der Waals surface area contributed by atoms with E-state index in [0.29, 0.717) is 35.8 Å². The number of amides is 2. The monoisotopic (exact) mass is 284 g/mol. The number of hydrogen-bond donors (Lipinski definition) is 4. The molecule has 1 aromatic carbocycles. The fourth-order valence-electron chi connectivity index (χ4n) is 1.64. The molecule has 1 aromatic rings. The van der Waals surface area contributed by atoms with E-state index in [1.807, 2.05) is 0 Å². The van der Waals surface area contributed by atoms with Crippen molar-refractivity contribution < 1.29 is 9.59 Å². The second-order valence-corrected chi connectivity index (χ2v) is 4.55. The predicted molar refractivity (Wildman–Crippen MR) is 75.9 cm³/mol. The standard InChI is InChI=1S/C12H17ClN4O2/c13-9-6-7(14)5-8(12(16)19)11(9)17-4-2-1-3-10(15)18/h5-6,17H,1-4,14H2,(H2,15,18)(H2,16,19). The molecular formula is C12H17ClN4O2. The average Bonchev–Trinajstić information content (AvgIpc) is 2.29. The van der Waals surface area contributed by atoms with Crippen molar-refractivity contribution in [2.45, 2.75) is 19.3 Å². The molecule has 7 heteroatoms. The van der Waals surface area contributed by atoms with Gasteiger partial charge in [-0.05, 0) is 25.0 Å². The fourth-order valence-corrected chi connectivity index (χ4v) is 1.93. The number of carbonyl (C=O) groups is 2. The van der Waals surface area contributed by atoms with Gasteiger partial charge in [-0.3, -0.25) is 9.59 Å². The van der Waals surface area contributed by atoms with Gasteiger partial charge < -0.3 is 22.5 Å². The third-order valence-electron chi connectivity index (χ3n) is 2.53. The molecular weight excluding hydrogens is 268 g/mol. The maximum atomic E-state index is 11.3. The number of nitrogen functional groups attached to an aromatic ring is 1. The highest BCUT2D eigenvalue weighted by molar-refractivity contribution is 6.34. The van der Waals surface area contributed by atoms with Gasteiger partial charge in [0.2, 0.25) is 5.91 Å². The minimum atomic E-state index is -0.603. The molecule has 6 nitrogen and oxygen atoms in total. The van der Waals surface area contributed by atoms with Crippen molar-refractivity contribution in [3.8, 4) is 0 Å². The maximum Gasteiger partial charge on any atom is 0.250 e. The predicted octanol–water partition coefficient (Wildman–Crippen LogP) is 1.09. The SMILES string of the molecule is NC(=O)CCCCNc1c(Cl)cc(N)cc1C(N)=O. The van der Waals surface area contributed by atoms with Gasteiger partial charge in [-0.2, -0.15) is 0 Å². The van der Waals surface area contributed by atoms with E-state index in [9.17, 15) is 9.59 Å². The number of rotatable bonds is 7. The van der Waals surface area contributed by atoms with E-state index in [2.05, 4.69) is 5.32 Å². The Morgan fingerprint density at radius 3 is 2.47 bits per heavy atom. The Morgan fingerprint density at radius 2 is 1.89 bits per heavy atom. The van der Waals surface area contributed by atoms with Gasteiger partial charge in [0, 0.05) is 18.7 Å². The molecule has 0 aliphatic heterocycles. The van der Waals surface area contributed by atoms with Gasteiger partial charge in [0.25, 0.3) is 5.91 Å². The van der Waals surface area contributed by atoms with Gasteiger partial charge >= 0.3 is 0 Å². The summed E-state index contributed by atoms with van der Waals surface area (Å²) in [5.41, 5.74) is 17.0. The molecule has 0 aliphatic carbocycles. The van der Waals surface area contributed by atoms with E-state index in [0.717, 1.165) is 6.42 Å². The van der Waals surface area contributed by atoms with Crippen LogP contribution in [0.25, 0.3) is 0 Å². The fraction of sp³-hybridized carbons (Fsp3) is 0.333. The Hall–Kier alpha value is -1.95. The quantitative estimate of drug-likeness (QED) is 0.442. The second kappa shape index (κ2) is 6.84. The van der Waals surface area contributed by atoms with Crippen molar-refractivity contribution in [2.24, 2.45) is 11.5 Å². The largest absolute Gasteiger partial charge is 0.399 e. The van der Waals surface area contributed by atoms with Crippen molar-refractivity contribution in [1.82, 2.24) is 0 Å². The van der Waals surface area contributed by atoms with Crippen LogP contribution in [0.3, 0.4) is 0 Å². The number of hydrogen-bond acceptors (Lipinski definition) is 4. The van der Waals surface area contributed by atoms with Gasteiger partial charge in [-0.1, -0.05) is 11.6 Å². The molecule has 0 unspecified atom stereocenters. The summed E-state index contributed by atoms with van der Waals surface area (Å²) in [4.78, 5) is 21.9. The first-order valence-electron chi connectivity index (χ1n) is 5.83. The van der Waals surface area contributed by atoms with Crippen LogP contribution in [0.4, 0.5) is 11.4 Å². The highest BCUT2D eigenvalue weighted by Gasteiger charge is 2.12. The van der Waals surface area contributed by atoms with E-state index >= 15 is 0 Å². The van der Waals surface area contributed by atoms with Crippen LogP contribution in [-0.2, 0) is 4.79 Å². The molecule has 19 heavy (non-hydrogen) atoms. The molecule has 7 N–H and O–H groups in total. The van der Waals surface area contributed by atoms with Crippen LogP contribution >= 0.6 is 11.6 Å². The molecule has 0 fully saturated rings. The Labute approximate surface area is 116 Å². The van der Waals surface area contributed by atoms with E-state index in [-0.39, 0.29) is 11.5 Å². The molecule has 0 atom stereocenters. The van der Waals surface area contributed by atoms with Crippen LogP contribution in [0.1, 0.15) is 29.6 Å². The zero-order chi connectivity index (χ0) is 14.4. The second-order valence-electron chi connectivity index (χ2n) is 4.14. The molecule has 0 aliphatic rings. The summed E-state index contributed by atoms with van der Waals surface area (Å²) in [7, 11) is 0. The van der Waals surface area contributed by atoms with Crippen molar-refractivity contribution in [2.75, 3.05) is 17.6 Å². The highest BCUT2D eigenvalue weighted by Crippen LogP contribution is 2.29. The van der Waals surface area contributed by atoms with Crippen LogP contribution in [0.2, 0.25) is 5.02 Å². The third kappa shape index (κ3) is 4.67. The zero-order valence-corrected chi connectivity index (χ0v) is 11.2. The number of carbonyl (C=O) groups excluding carboxylic acids is 2. The molecule has 0 aromatic heterocycles. The number of halogens is 1. The molecule has 0 saturated carbocycles. The summed E-state index contributed by atoms with van der Waals surface area (Å²) >= 11 is 6.02. The Kier molecular flexibility index (Phi) is 5.44. The lowest BCUT2D eigenvalue weighted by Crippen LogP contribution is -2.16. The Morgan fingerprint density at radius 1 is 1.21 bits per heavy atom. The van der Waals surface area contributed by atoms with Crippen molar-refractivity contribution in [3.63, 3.8) is 0 Å². The number of nitrogens with two attached hydrogens (primary N) is 3. The summed E-state index contributed by atoms with van der Waals surface area (Å²) in [6, 6.07) is 3.01. The molecule has 0 bridgehead atoms. The molecule has 2 amide bonds. The zero-order valence-electron chi connectivity index (χ0n) is 10.4. The summed E-state index contributed by atoms with van der Waals surface area (Å²) in [6.45, 7) is 0.553. The lowest BCUT2D eigenvalue weighted by atomic mass is 10.1. The van der Waals surface area contributed by atoms with E-state index in [1.54, 1.807) is 6.07 Å². The summed E-state index contributed by atoms with van der Waals surface area (Å²) in [5, 5.41) is 3.36. The Bertz CT molecular complexity index is 491. The molecule has 0 heterocycles. The molecule has 104 valence electrons. The van der Waals surface area contributed by atoms with Gasteiger partial charge in [0.05, 0.1) is 16.3 Å². The maximum absolute atomic E-state index is 11.3. The third-order valence-corrected chi connectivity index (χ3v) is 2.83. The number of benzene rings is 1. The van der Waals surface area contributed by atoms with Crippen LogP contribution in [0.15, 0.2) is 12.1 Å². The first-order valence-corrected chi connectivity index (χ1v) is 6.20. The first-order chi connectivity index (χ1) is 8.91. The van der Waals surface area contributed by atoms with Gasteiger partial charge in [-0.15, -0.1) is 0 Å². The smallest absolute Gasteiger partial charge is 0.250 e. The van der Waals surface area contributed by atoms with Gasteiger partial charge in [-0.25, -0.2) is 0 Å². The average molecular weight is 285 g/mol. The van der Waals surface area contributed by atoms with Crippen molar-refractivity contribution in [3.05, 3.63) is 22.7 Å². The minimum Gasteiger partial charge on any atom is -0.399 e. The molecule has 0 spiro atoms. The Balaban J connectivity index is 2.67. The number of primary amides is 2. The van der Waals surface area contributed by atoms with Gasteiger partial charge in [0.15, 0.2) is 0 Å². The number of anilines is 2. The molecule has 0 saturated heterocycles. The van der Waals surface area contributed by atoms with Crippen LogP contribution in [0, 0.1) is 0 Å². The summed E-state index contributed by atoms with van der Waals surface area (Å²) in [6.07, 6.45) is 1.72. The number of nitrogens with one attached hydrogen (secondary N) is 1. The first kappa shape index (κ1) is 15.1. The highest BCUT2D eigenvalue weighted by atomic mass is 35.5. The summed E-state index contributed by atoms with van der Waals surface area (Å²) in [5.74, 6) is -0.933. The lowest BCUT2D eigenvalue weighted by molar-refractivity contribution is -0.118. The minimum absolute atomic E-state index is 0.250. The van der Waals surface area contributed by atoms with Crippen LogP contribution in [-0.4, -0.2) is 18.4 Å². The summed E-state index contributed by atoms with van der Waals surface area (Å²) < 4.78 is 0. The molecule has 1 rings (SSSR count). The van der Waals surface area contributed by atoms with Gasteiger partial charge in [0.1, 0.15) is 0 Å². The lowest BCUT2D eigenvalue weighted by Gasteiger charge is -2.12. The van der Waals surface area contributed by atoms with Crippen molar-refractivity contribution >= 4 is 34.8 Å². The molecule has 0 radical (unpaired) electrons. The normalized spacial score (nSPS) is 10.2. The van der Waals surface area contributed by atoms with E-state index in [1.165, 1.54) is 6.07 Å². The van der Waals surface area contributed by atoms with Crippen LogP contribution in [0.5, 0.6) is 0 Å². The van der Waals surface area contributed by atoms with E-state index < -0.39 is 5.91 Å². The topological polar surface area (TPSA) is 124 Å². The van der Waals surface area contributed by atoms with E-state index in [4.69, 9.17) is 28.8 Å².